The average molecular weight is 252 g/mol. The summed E-state index contributed by atoms with van der Waals surface area (Å²) in [6.45, 7) is 8.95. The molecule has 1 aliphatic carbocycles. The van der Waals surface area contributed by atoms with E-state index in [2.05, 4.69) is 38.0 Å². The lowest BCUT2D eigenvalue weighted by Crippen LogP contribution is -2.35. The third-order valence-electron chi connectivity index (χ3n) is 4.01. The van der Waals surface area contributed by atoms with Crippen molar-refractivity contribution in [3.63, 3.8) is 0 Å². The zero-order valence-electron chi connectivity index (χ0n) is 11.4. The molecule has 1 aromatic heterocycles. The van der Waals surface area contributed by atoms with Crippen molar-refractivity contribution in [3.8, 4) is 0 Å². The Bertz CT molecular complexity index is 351. The molecule has 1 saturated carbocycles. The van der Waals surface area contributed by atoms with Gasteiger partial charge in [-0.25, -0.2) is 4.98 Å². The van der Waals surface area contributed by atoms with E-state index in [4.69, 9.17) is 0 Å². The minimum atomic E-state index is 0.633. The summed E-state index contributed by atoms with van der Waals surface area (Å²) in [5.74, 6) is 1.59. The Morgan fingerprint density at radius 1 is 1.24 bits per heavy atom. The second-order valence-corrected chi connectivity index (χ2v) is 6.81. The standard InChI is InChI=1S/C14H24N2S/c1-9(2)12-7-5-6-8-13(12)16-14-15-10(3)11(4)17-14/h9,12-13H,5-8H2,1-4H3,(H,15,16). The van der Waals surface area contributed by atoms with E-state index in [1.54, 1.807) is 11.3 Å². The Kier molecular flexibility index (Phi) is 4.08. The summed E-state index contributed by atoms with van der Waals surface area (Å²) in [6, 6.07) is 0.633. The highest BCUT2D eigenvalue weighted by Crippen LogP contribution is 2.33. The van der Waals surface area contributed by atoms with Crippen LogP contribution in [0, 0.1) is 25.7 Å². The molecule has 96 valence electrons. The van der Waals surface area contributed by atoms with Gasteiger partial charge in [0.15, 0.2) is 5.13 Å². The SMILES string of the molecule is Cc1nc(NC2CCCCC2C(C)C)sc1C. The molecule has 2 rings (SSSR count). The summed E-state index contributed by atoms with van der Waals surface area (Å²) in [6.07, 6.45) is 5.44. The predicted molar refractivity (Wildman–Crippen MR) is 75.8 cm³/mol. The van der Waals surface area contributed by atoms with E-state index >= 15 is 0 Å². The van der Waals surface area contributed by atoms with Gasteiger partial charge in [0.25, 0.3) is 0 Å². The normalized spacial score (nSPS) is 25.2. The largest absolute Gasteiger partial charge is 0.358 e. The van der Waals surface area contributed by atoms with Gasteiger partial charge in [0.1, 0.15) is 0 Å². The highest BCUT2D eigenvalue weighted by molar-refractivity contribution is 7.15. The van der Waals surface area contributed by atoms with Gasteiger partial charge in [0.05, 0.1) is 5.69 Å². The van der Waals surface area contributed by atoms with Crippen molar-refractivity contribution >= 4 is 16.5 Å². The summed E-state index contributed by atoms with van der Waals surface area (Å²) in [7, 11) is 0. The van der Waals surface area contributed by atoms with Crippen molar-refractivity contribution in [2.24, 2.45) is 11.8 Å². The molecular formula is C14H24N2S. The Morgan fingerprint density at radius 2 is 1.94 bits per heavy atom. The molecule has 0 radical (unpaired) electrons. The van der Waals surface area contributed by atoms with Crippen LogP contribution in [0.3, 0.4) is 0 Å². The van der Waals surface area contributed by atoms with Gasteiger partial charge in [0, 0.05) is 10.9 Å². The van der Waals surface area contributed by atoms with E-state index in [0.29, 0.717) is 6.04 Å². The van der Waals surface area contributed by atoms with Gasteiger partial charge < -0.3 is 5.32 Å². The summed E-state index contributed by atoms with van der Waals surface area (Å²) < 4.78 is 0. The number of thiazole rings is 1. The molecule has 1 N–H and O–H groups in total. The lowest BCUT2D eigenvalue weighted by molar-refractivity contribution is 0.254. The molecule has 0 spiro atoms. The fourth-order valence-corrected chi connectivity index (χ4v) is 3.71. The molecule has 0 bridgehead atoms. The Morgan fingerprint density at radius 3 is 2.53 bits per heavy atom. The number of rotatable bonds is 3. The van der Waals surface area contributed by atoms with E-state index in [9.17, 15) is 0 Å². The van der Waals surface area contributed by atoms with Crippen molar-refractivity contribution in [2.75, 3.05) is 5.32 Å². The Labute approximate surface area is 109 Å². The van der Waals surface area contributed by atoms with Crippen molar-refractivity contribution in [2.45, 2.75) is 59.4 Å². The summed E-state index contributed by atoms with van der Waals surface area (Å²) in [5, 5.41) is 4.80. The first kappa shape index (κ1) is 12.9. The van der Waals surface area contributed by atoms with E-state index < -0.39 is 0 Å². The second-order valence-electron chi connectivity index (χ2n) is 5.60. The number of hydrogen-bond acceptors (Lipinski definition) is 3. The quantitative estimate of drug-likeness (QED) is 0.863. The fourth-order valence-electron chi connectivity index (χ4n) is 2.83. The zero-order valence-corrected chi connectivity index (χ0v) is 12.2. The smallest absolute Gasteiger partial charge is 0.183 e. The topological polar surface area (TPSA) is 24.9 Å². The molecule has 1 aromatic rings. The molecule has 0 aromatic carbocycles. The third kappa shape index (κ3) is 3.01. The Hall–Kier alpha value is -0.570. The van der Waals surface area contributed by atoms with Gasteiger partial charge in [0.2, 0.25) is 0 Å². The van der Waals surface area contributed by atoms with Crippen LogP contribution in [0.1, 0.15) is 50.1 Å². The number of hydrogen-bond donors (Lipinski definition) is 1. The lowest BCUT2D eigenvalue weighted by Gasteiger charge is -2.34. The minimum absolute atomic E-state index is 0.633. The molecule has 17 heavy (non-hydrogen) atoms. The fraction of sp³-hybridized carbons (Fsp3) is 0.786. The van der Waals surface area contributed by atoms with E-state index in [1.807, 2.05) is 0 Å². The van der Waals surface area contributed by atoms with Crippen LogP contribution in [0.5, 0.6) is 0 Å². The summed E-state index contributed by atoms with van der Waals surface area (Å²) in [4.78, 5) is 5.94. The maximum absolute atomic E-state index is 4.61. The number of aromatic nitrogens is 1. The first-order valence-corrected chi connectivity index (χ1v) is 7.60. The maximum Gasteiger partial charge on any atom is 0.183 e. The van der Waals surface area contributed by atoms with Gasteiger partial charge in [-0.05, 0) is 38.5 Å². The first-order chi connectivity index (χ1) is 8.08. The van der Waals surface area contributed by atoms with Crippen LogP contribution in [-0.4, -0.2) is 11.0 Å². The number of nitrogens with one attached hydrogen (secondary N) is 1. The van der Waals surface area contributed by atoms with Crippen LogP contribution in [-0.2, 0) is 0 Å². The lowest BCUT2D eigenvalue weighted by atomic mass is 9.78. The van der Waals surface area contributed by atoms with Crippen LogP contribution in [0.2, 0.25) is 0 Å². The van der Waals surface area contributed by atoms with Gasteiger partial charge in [-0.1, -0.05) is 26.7 Å². The molecule has 0 aliphatic heterocycles. The molecule has 1 heterocycles. The molecule has 0 saturated heterocycles. The molecule has 3 heteroatoms. The monoisotopic (exact) mass is 252 g/mol. The highest BCUT2D eigenvalue weighted by Gasteiger charge is 2.27. The van der Waals surface area contributed by atoms with Crippen molar-refractivity contribution in [1.29, 1.82) is 0 Å². The number of nitrogens with zero attached hydrogens (tertiary/aromatic N) is 1. The van der Waals surface area contributed by atoms with E-state index in [-0.39, 0.29) is 0 Å². The molecule has 2 unspecified atom stereocenters. The highest BCUT2D eigenvalue weighted by atomic mass is 32.1. The summed E-state index contributed by atoms with van der Waals surface area (Å²) >= 11 is 1.80. The third-order valence-corrected chi connectivity index (χ3v) is 5.02. The minimum Gasteiger partial charge on any atom is -0.358 e. The van der Waals surface area contributed by atoms with Crippen LogP contribution in [0.25, 0.3) is 0 Å². The van der Waals surface area contributed by atoms with Gasteiger partial charge >= 0.3 is 0 Å². The molecule has 0 amide bonds. The zero-order chi connectivity index (χ0) is 12.4. The average Bonchev–Trinajstić information content (AvgIpc) is 2.58. The van der Waals surface area contributed by atoms with Gasteiger partial charge in [-0.3, -0.25) is 0 Å². The van der Waals surface area contributed by atoms with E-state index in [1.165, 1.54) is 36.3 Å². The van der Waals surface area contributed by atoms with Gasteiger partial charge in [-0.2, -0.15) is 0 Å². The molecule has 2 atom stereocenters. The molecule has 1 aliphatic rings. The number of aryl methyl sites for hydroxylation is 2. The predicted octanol–water partition coefficient (Wildman–Crippen LogP) is 4.39. The summed E-state index contributed by atoms with van der Waals surface area (Å²) in [5.41, 5.74) is 1.18. The second kappa shape index (κ2) is 5.38. The molecule has 1 fully saturated rings. The molecule has 2 nitrogen and oxygen atoms in total. The van der Waals surface area contributed by atoms with Crippen LogP contribution < -0.4 is 5.32 Å². The first-order valence-electron chi connectivity index (χ1n) is 6.78. The maximum atomic E-state index is 4.61. The van der Waals surface area contributed by atoms with Crippen LogP contribution in [0.15, 0.2) is 0 Å². The Balaban J connectivity index is 2.05. The van der Waals surface area contributed by atoms with Crippen molar-refractivity contribution < 1.29 is 0 Å². The van der Waals surface area contributed by atoms with Crippen molar-refractivity contribution in [3.05, 3.63) is 10.6 Å². The van der Waals surface area contributed by atoms with Crippen molar-refractivity contribution in [1.82, 2.24) is 4.98 Å². The van der Waals surface area contributed by atoms with Crippen LogP contribution in [0.4, 0.5) is 5.13 Å². The molecular weight excluding hydrogens is 228 g/mol. The van der Waals surface area contributed by atoms with Crippen LogP contribution >= 0.6 is 11.3 Å². The number of anilines is 1. The van der Waals surface area contributed by atoms with E-state index in [0.717, 1.165) is 17.0 Å². The van der Waals surface area contributed by atoms with Gasteiger partial charge in [-0.15, -0.1) is 11.3 Å².